The van der Waals surface area contributed by atoms with Crippen LogP contribution in [0.3, 0.4) is 0 Å². The fourth-order valence-electron chi connectivity index (χ4n) is 2.64. The zero-order chi connectivity index (χ0) is 20.3. The number of amides is 2. The number of hydrogen-bond donors (Lipinski definition) is 2. The van der Waals surface area contributed by atoms with Crippen LogP contribution in [0.4, 0.5) is 11.4 Å². The van der Waals surface area contributed by atoms with E-state index in [1.54, 1.807) is 42.5 Å². The number of rotatable bonds is 5. The smallest absolute Gasteiger partial charge is 0.310 e. The van der Waals surface area contributed by atoms with Gasteiger partial charge >= 0.3 is 5.97 Å². The normalized spacial score (nSPS) is 16.2. The second kappa shape index (κ2) is 8.31. The van der Waals surface area contributed by atoms with Crippen LogP contribution in [0, 0.1) is 6.92 Å². The molecule has 2 aromatic rings. The minimum absolute atomic E-state index is 0.312. The molecule has 2 aromatic carbocycles. The summed E-state index contributed by atoms with van der Waals surface area (Å²) in [6.45, 7) is 3.27. The van der Waals surface area contributed by atoms with Gasteiger partial charge in [-0.1, -0.05) is 29.8 Å². The molecule has 2 N–H and O–H groups in total. The van der Waals surface area contributed by atoms with E-state index in [4.69, 9.17) is 21.1 Å². The van der Waals surface area contributed by atoms with Gasteiger partial charge < -0.3 is 20.1 Å². The summed E-state index contributed by atoms with van der Waals surface area (Å²) in [4.78, 5) is 36.6. The number of para-hydroxylation sites is 2. The van der Waals surface area contributed by atoms with Crippen molar-refractivity contribution in [3.63, 3.8) is 0 Å². The van der Waals surface area contributed by atoms with Crippen LogP contribution in [0.25, 0.3) is 0 Å². The van der Waals surface area contributed by atoms with Gasteiger partial charge in [0.15, 0.2) is 12.2 Å². The van der Waals surface area contributed by atoms with Gasteiger partial charge in [-0.2, -0.15) is 0 Å². The number of esters is 1. The molecule has 0 spiro atoms. The first kappa shape index (κ1) is 19.7. The van der Waals surface area contributed by atoms with Crippen molar-refractivity contribution in [2.24, 2.45) is 0 Å². The first-order valence-electron chi connectivity index (χ1n) is 8.66. The Bertz CT molecular complexity index is 931. The van der Waals surface area contributed by atoms with Gasteiger partial charge in [0.25, 0.3) is 11.8 Å². The third-order valence-electron chi connectivity index (χ3n) is 4.19. The van der Waals surface area contributed by atoms with Gasteiger partial charge in [-0.05, 0) is 43.7 Å². The highest BCUT2D eigenvalue weighted by molar-refractivity contribution is 6.31. The van der Waals surface area contributed by atoms with Gasteiger partial charge in [-0.3, -0.25) is 14.4 Å². The van der Waals surface area contributed by atoms with E-state index in [9.17, 15) is 14.4 Å². The van der Waals surface area contributed by atoms with Crippen LogP contribution in [-0.4, -0.2) is 30.0 Å². The summed E-state index contributed by atoms with van der Waals surface area (Å²) < 4.78 is 10.7. The highest BCUT2D eigenvalue weighted by atomic mass is 35.5. The molecule has 7 nitrogen and oxygen atoms in total. The predicted octanol–water partition coefficient (Wildman–Crippen LogP) is 3.31. The van der Waals surface area contributed by atoms with E-state index in [1.165, 1.54) is 6.92 Å². The van der Waals surface area contributed by atoms with Crippen LogP contribution >= 0.6 is 11.6 Å². The molecule has 1 heterocycles. The van der Waals surface area contributed by atoms with Crippen molar-refractivity contribution in [2.75, 3.05) is 10.6 Å². The Morgan fingerprint density at radius 1 is 1.29 bits per heavy atom. The topological polar surface area (TPSA) is 93.7 Å². The van der Waals surface area contributed by atoms with E-state index >= 15 is 0 Å². The lowest BCUT2D eigenvalue weighted by Gasteiger charge is -2.25. The summed E-state index contributed by atoms with van der Waals surface area (Å²) in [5.74, 6) is -1.19. The second-order valence-corrected chi connectivity index (χ2v) is 6.81. The molecule has 3 rings (SSSR count). The molecule has 2 atom stereocenters. The minimum Gasteiger partial charge on any atom is -0.478 e. The van der Waals surface area contributed by atoms with Gasteiger partial charge in [0, 0.05) is 10.7 Å². The van der Waals surface area contributed by atoms with E-state index in [0.29, 0.717) is 22.1 Å². The van der Waals surface area contributed by atoms with E-state index < -0.39 is 30.0 Å². The van der Waals surface area contributed by atoms with Crippen LogP contribution < -0.4 is 15.4 Å². The standard InChI is InChI=1S/C20H19ClN2O5/c1-11-7-8-13(21)9-15(11)23-19(25)12(2)27-18(24)10-17-20(26)22-14-5-3-4-6-16(14)28-17/h3-9,12,17H,10H2,1-2H3,(H,22,26)(H,23,25)/t12-,17-/m0/s1. The van der Waals surface area contributed by atoms with Crippen molar-refractivity contribution in [2.45, 2.75) is 32.5 Å². The number of hydrogen-bond acceptors (Lipinski definition) is 5. The zero-order valence-corrected chi connectivity index (χ0v) is 16.1. The molecular formula is C20H19ClN2O5. The van der Waals surface area contributed by atoms with Gasteiger partial charge in [0.1, 0.15) is 5.75 Å². The number of halogens is 1. The number of carbonyl (C=O) groups excluding carboxylic acids is 3. The predicted molar refractivity (Wildman–Crippen MR) is 104 cm³/mol. The Hall–Kier alpha value is -3.06. The van der Waals surface area contributed by atoms with Crippen molar-refractivity contribution in [3.05, 3.63) is 53.1 Å². The van der Waals surface area contributed by atoms with Crippen LogP contribution in [0.15, 0.2) is 42.5 Å². The Kier molecular flexibility index (Phi) is 5.84. The average molecular weight is 403 g/mol. The second-order valence-electron chi connectivity index (χ2n) is 6.38. The number of ether oxygens (including phenoxy) is 2. The van der Waals surface area contributed by atoms with Gasteiger partial charge in [-0.15, -0.1) is 0 Å². The molecule has 0 saturated heterocycles. The molecule has 0 saturated carbocycles. The molecule has 2 amide bonds. The number of anilines is 2. The molecule has 8 heteroatoms. The molecule has 0 aliphatic carbocycles. The van der Waals surface area contributed by atoms with Crippen LogP contribution in [-0.2, 0) is 19.1 Å². The third-order valence-corrected chi connectivity index (χ3v) is 4.43. The Morgan fingerprint density at radius 2 is 2.04 bits per heavy atom. The summed E-state index contributed by atoms with van der Waals surface area (Å²) in [7, 11) is 0. The largest absolute Gasteiger partial charge is 0.478 e. The first-order valence-corrected chi connectivity index (χ1v) is 9.04. The fourth-order valence-corrected chi connectivity index (χ4v) is 2.81. The Morgan fingerprint density at radius 3 is 2.82 bits per heavy atom. The molecule has 0 bridgehead atoms. The number of nitrogens with one attached hydrogen (secondary N) is 2. The maximum absolute atomic E-state index is 12.3. The van der Waals surface area contributed by atoms with Gasteiger partial charge in [0.2, 0.25) is 0 Å². The van der Waals surface area contributed by atoms with E-state index in [1.807, 2.05) is 6.92 Å². The molecule has 146 valence electrons. The average Bonchev–Trinajstić information content (AvgIpc) is 2.65. The zero-order valence-electron chi connectivity index (χ0n) is 15.3. The summed E-state index contributed by atoms with van der Waals surface area (Å²) in [6, 6.07) is 12.0. The van der Waals surface area contributed by atoms with Crippen LogP contribution in [0.1, 0.15) is 18.9 Å². The number of aryl methyl sites for hydroxylation is 1. The van der Waals surface area contributed by atoms with Crippen LogP contribution in [0.2, 0.25) is 5.02 Å². The van der Waals surface area contributed by atoms with E-state index in [-0.39, 0.29) is 6.42 Å². The van der Waals surface area contributed by atoms with Crippen molar-refractivity contribution in [1.82, 2.24) is 0 Å². The monoisotopic (exact) mass is 402 g/mol. The van der Waals surface area contributed by atoms with Crippen molar-refractivity contribution in [3.8, 4) is 5.75 Å². The van der Waals surface area contributed by atoms with Crippen molar-refractivity contribution < 1.29 is 23.9 Å². The fraction of sp³-hybridized carbons (Fsp3) is 0.250. The maximum atomic E-state index is 12.3. The molecule has 0 aromatic heterocycles. The maximum Gasteiger partial charge on any atom is 0.310 e. The number of benzene rings is 2. The van der Waals surface area contributed by atoms with Crippen molar-refractivity contribution >= 4 is 40.8 Å². The van der Waals surface area contributed by atoms with Gasteiger partial charge in [-0.25, -0.2) is 0 Å². The Labute approximate surface area is 167 Å². The molecule has 0 unspecified atom stereocenters. The molecule has 28 heavy (non-hydrogen) atoms. The Balaban J connectivity index is 1.56. The third kappa shape index (κ3) is 4.61. The molecule has 1 aliphatic heterocycles. The lowest BCUT2D eigenvalue weighted by Crippen LogP contribution is -2.40. The highest BCUT2D eigenvalue weighted by Gasteiger charge is 2.31. The van der Waals surface area contributed by atoms with Crippen LogP contribution in [0.5, 0.6) is 5.75 Å². The highest BCUT2D eigenvalue weighted by Crippen LogP contribution is 2.29. The van der Waals surface area contributed by atoms with Crippen molar-refractivity contribution in [1.29, 1.82) is 0 Å². The minimum atomic E-state index is -1.05. The first-order chi connectivity index (χ1) is 13.3. The quantitative estimate of drug-likeness (QED) is 0.748. The summed E-state index contributed by atoms with van der Waals surface area (Å²) in [5, 5.41) is 5.82. The molecule has 0 fully saturated rings. The lowest BCUT2D eigenvalue weighted by molar-refractivity contribution is -0.155. The van der Waals surface area contributed by atoms with E-state index in [0.717, 1.165) is 5.56 Å². The van der Waals surface area contributed by atoms with E-state index in [2.05, 4.69) is 10.6 Å². The number of fused-ring (bicyclic) bond motifs is 1. The molecular weight excluding hydrogens is 384 g/mol. The van der Waals surface area contributed by atoms with Gasteiger partial charge in [0.05, 0.1) is 12.1 Å². The number of carbonyl (C=O) groups is 3. The summed E-state index contributed by atoms with van der Waals surface area (Å²) in [6.07, 6.45) is -2.38. The molecule has 1 aliphatic rings. The lowest BCUT2D eigenvalue weighted by atomic mass is 10.1. The molecule has 0 radical (unpaired) electrons. The summed E-state index contributed by atoms with van der Waals surface area (Å²) in [5.41, 5.74) is 1.90. The SMILES string of the molecule is Cc1ccc(Cl)cc1NC(=O)[C@H](C)OC(=O)C[C@@H]1Oc2ccccc2NC1=O. The summed E-state index contributed by atoms with van der Waals surface area (Å²) >= 11 is 5.93.